The molecular formula is C23H31N9O6. The van der Waals surface area contributed by atoms with E-state index in [1.807, 2.05) is 6.92 Å². The van der Waals surface area contributed by atoms with Gasteiger partial charge in [0.05, 0.1) is 6.54 Å². The first kappa shape index (κ1) is 28.1. The van der Waals surface area contributed by atoms with Crippen LogP contribution in [0.4, 0.5) is 5.82 Å². The van der Waals surface area contributed by atoms with Gasteiger partial charge in [-0.15, -0.1) is 10.2 Å². The van der Waals surface area contributed by atoms with Crippen LogP contribution in [0.5, 0.6) is 0 Å². The van der Waals surface area contributed by atoms with E-state index in [2.05, 4.69) is 41.6 Å². The summed E-state index contributed by atoms with van der Waals surface area (Å²) < 4.78 is 0. The number of amides is 4. The maximum Gasteiger partial charge on any atom is 0.303 e. The van der Waals surface area contributed by atoms with Crippen molar-refractivity contribution in [3.8, 4) is 0 Å². The molecule has 4 atom stereocenters. The van der Waals surface area contributed by atoms with E-state index in [0.29, 0.717) is 12.0 Å². The highest BCUT2D eigenvalue weighted by atomic mass is 16.4. The molecule has 4 amide bonds. The molecule has 0 fully saturated rings. The number of aliphatic carboxylic acids is 1. The van der Waals surface area contributed by atoms with Crippen molar-refractivity contribution in [2.24, 2.45) is 5.92 Å². The summed E-state index contributed by atoms with van der Waals surface area (Å²) in [5.74, 6) is -3.19. The molecule has 1 aliphatic heterocycles. The summed E-state index contributed by atoms with van der Waals surface area (Å²) in [6.45, 7) is 4.87. The topological polar surface area (TPSA) is 212 Å². The van der Waals surface area contributed by atoms with Crippen LogP contribution in [0.15, 0.2) is 18.3 Å². The van der Waals surface area contributed by atoms with Crippen LogP contribution in [0.2, 0.25) is 0 Å². The van der Waals surface area contributed by atoms with Gasteiger partial charge in [-0.3, -0.25) is 28.9 Å². The van der Waals surface area contributed by atoms with Crippen LogP contribution in [-0.4, -0.2) is 78.4 Å². The summed E-state index contributed by atoms with van der Waals surface area (Å²) in [7, 11) is 0. The van der Waals surface area contributed by atoms with Crippen molar-refractivity contribution < 1.29 is 29.1 Å². The number of carboxylic acids is 1. The highest BCUT2D eigenvalue weighted by Crippen LogP contribution is 2.31. The number of aromatic nitrogens is 5. The Morgan fingerprint density at radius 2 is 2.00 bits per heavy atom. The second-order valence-electron chi connectivity index (χ2n) is 9.02. The van der Waals surface area contributed by atoms with Crippen LogP contribution < -0.4 is 20.9 Å². The van der Waals surface area contributed by atoms with Crippen LogP contribution in [0.3, 0.4) is 0 Å². The lowest BCUT2D eigenvalue weighted by Crippen LogP contribution is -2.58. The van der Waals surface area contributed by atoms with Crippen molar-refractivity contribution in [2.75, 3.05) is 4.90 Å². The number of H-pyrrole nitrogens is 1. The minimum atomic E-state index is -1.29. The van der Waals surface area contributed by atoms with E-state index in [1.54, 1.807) is 19.1 Å². The fraction of sp³-hybridized carbons (Fsp3) is 0.522. The average molecular weight is 530 g/mol. The molecular weight excluding hydrogens is 498 g/mol. The number of rotatable bonds is 12. The van der Waals surface area contributed by atoms with Gasteiger partial charge in [0.25, 0.3) is 5.91 Å². The van der Waals surface area contributed by atoms with Gasteiger partial charge in [-0.05, 0) is 24.0 Å². The first-order valence-corrected chi connectivity index (χ1v) is 12.2. The molecule has 0 saturated carbocycles. The SMILES string of the molecule is CC[C@H](C)[C@H](NC(C)=O)C(=O)N[C@@H](CCC(=O)O)C(=O)N1c2ncccc2C[C@H]1C(=O)NCc1nn[nH]n1. The minimum Gasteiger partial charge on any atom is -0.481 e. The van der Waals surface area contributed by atoms with Gasteiger partial charge in [-0.25, -0.2) is 4.98 Å². The number of anilines is 1. The van der Waals surface area contributed by atoms with Crippen molar-refractivity contribution in [3.63, 3.8) is 0 Å². The normalized spacial score (nSPS) is 16.6. The predicted molar refractivity (Wildman–Crippen MR) is 131 cm³/mol. The Balaban J connectivity index is 1.88. The molecule has 0 spiro atoms. The van der Waals surface area contributed by atoms with Crippen LogP contribution in [-0.2, 0) is 36.9 Å². The maximum absolute atomic E-state index is 13.9. The van der Waals surface area contributed by atoms with E-state index in [-0.39, 0.29) is 36.9 Å². The molecule has 0 aliphatic carbocycles. The number of nitrogens with zero attached hydrogens (tertiary/aromatic N) is 5. The van der Waals surface area contributed by atoms with E-state index in [1.165, 1.54) is 18.0 Å². The van der Waals surface area contributed by atoms with Gasteiger partial charge in [0.2, 0.25) is 17.7 Å². The number of nitrogens with one attached hydrogen (secondary N) is 4. The second kappa shape index (κ2) is 12.7. The summed E-state index contributed by atoms with van der Waals surface area (Å²) in [6.07, 6.45) is 1.55. The quantitative estimate of drug-likeness (QED) is 0.228. The fourth-order valence-electron chi connectivity index (χ4n) is 4.14. The molecule has 0 saturated heterocycles. The molecule has 38 heavy (non-hydrogen) atoms. The Bertz CT molecular complexity index is 1170. The number of fused-ring (bicyclic) bond motifs is 1. The monoisotopic (exact) mass is 529 g/mol. The summed E-state index contributed by atoms with van der Waals surface area (Å²) in [4.78, 5) is 68.7. The highest BCUT2D eigenvalue weighted by molar-refractivity contribution is 6.06. The van der Waals surface area contributed by atoms with Gasteiger partial charge >= 0.3 is 5.97 Å². The van der Waals surface area contributed by atoms with Crippen LogP contribution in [0, 0.1) is 5.92 Å². The molecule has 5 N–H and O–H groups in total. The first-order chi connectivity index (χ1) is 18.1. The van der Waals surface area contributed by atoms with Gasteiger partial charge < -0.3 is 21.1 Å². The molecule has 3 heterocycles. The molecule has 3 rings (SSSR count). The van der Waals surface area contributed by atoms with Crippen LogP contribution in [0.25, 0.3) is 0 Å². The second-order valence-corrected chi connectivity index (χ2v) is 9.02. The zero-order valence-corrected chi connectivity index (χ0v) is 21.3. The molecule has 204 valence electrons. The Morgan fingerprint density at radius 3 is 2.63 bits per heavy atom. The molecule has 0 radical (unpaired) electrons. The van der Waals surface area contributed by atoms with E-state index in [9.17, 15) is 29.1 Å². The number of carbonyl (C=O) groups excluding carboxylic acids is 4. The maximum atomic E-state index is 13.9. The largest absolute Gasteiger partial charge is 0.481 e. The zero-order chi connectivity index (χ0) is 27.8. The smallest absolute Gasteiger partial charge is 0.303 e. The number of hydrogen-bond donors (Lipinski definition) is 5. The van der Waals surface area contributed by atoms with Gasteiger partial charge in [0.1, 0.15) is 23.9 Å². The summed E-state index contributed by atoms with van der Waals surface area (Å²) >= 11 is 0. The lowest BCUT2D eigenvalue weighted by Gasteiger charge is -2.30. The highest BCUT2D eigenvalue weighted by Gasteiger charge is 2.42. The lowest BCUT2D eigenvalue weighted by molar-refractivity contribution is -0.138. The Labute approximate surface area is 218 Å². The van der Waals surface area contributed by atoms with Gasteiger partial charge in [0, 0.05) is 26.0 Å². The van der Waals surface area contributed by atoms with Gasteiger partial charge in [-0.2, -0.15) is 5.21 Å². The van der Waals surface area contributed by atoms with Crippen molar-refractivity contribution in [1.29, 1.82) is 0 Å². The van der Waals surface area contributed by atoms with Crippen LogP contribution >= 0.6 is 0 Å². The summed E-state index contributed by atoms with van der Waals surface area (Å²) in [5, 5.41) is 30.4. The van der Waals surface area contributed by atoms with Crippen molar-refractivity contribution in [2.45, 2.75) is 71.1 Å². The van der Waals surface area contributed by atoms with Gasteiger partial charge in [0.15, 0.2) is 5.82 Å². The third-order valence-electron chi connectivity index (χ3n) is 6.29. The molecule has 2 aromatic heterocycles. The number of pyridine rings is 1. The molecule has 1 aliphatic rings. The number of carboxylic acid groups (broad SMARTS) is 1. The van der Waals surface area contributed by atoms with E-state index < -0.39 is 54.1 Å². The Morgan fingerprint density at radius 1 is 1.24 bits per heavy atom. The number of carbonyl (C=O) groups is 5. The van der Waals surface area contributed by atoms with Crippen molar-refractivity contribution >= 4 is 35.4 Å². The number of hydrogen-bond acceptors (Lipinski definition) is 9. The Hall–Kier alpha value is -4.43. The summed E-state index contributed by atoms with van der Waals surface area (Å²) in [5.41, 5.74) is 0.639. The van der Waals surface area contributed by atoms with E-state index in [0.717, 1.165) is 0 Å². The van der Waals surface area contributed by atoms with E-state index in [4.69, 9.17) is 0 Å². The lowest BCUT2D eigenvalue weighted by atomic mass is 9.97. The minimum absolute atomic E-state index is 0.0376. The van der Waals surface area contributed by atoms with Gasteiger partial charge in [-0.1, -0.05) is 31.5 Å². The van der Waals surface area contributed by atoms with Crippen molar-refractivity contribution in [3.05, 3.63) is 29.7 Å². The first-order valence-electron chi connectivity index (χ1n) is 12.2. The molecule has 2 aromatic rings. The Kier molecular flexibility index (Phi) is 9.40. The third-order valence-corrected chi connectivity index (χ3v) is 6.29. The summed E-state index contributed by atoms with van der Waals surface area (Å²) in [6, 6.07) is 0.171. The van der Waals surface area contributed by atoms with Crippen molar-refractivity contribution in [1.82, 2.24) is 41.6 Å². The molecule has 15 nitrogen and oxygen atoms in total. The predicted octanol–water partition coefficient (Wildman–Crippen LogP) is -0.931. The average Bonchev–Trinajstić information content (AvgIpc) is 3.55. The van der Waals surface area contributed by atoms with E-state index >= 15 is 0 Å². The zero-order valence-electron chi connectivity index (χ0n) is 21.3. The number of aromatic amines is 1. The number of tetrazole rings is 1. The fourth-order valence-corrected chi connectivity index (χ4v) is 4.14. The molecule has 15 heteroatoms. The van der Waals surface area contributed by atoms with Crippen LogP contribution in [0.1, 0.15) is 51.4 Å². The molecule has 0 bridgehead atoms. The molecule has 0 aromatic carbocycles. The third kappa shape index (κ3) is 6.86. The standard InChI is InChI=1S/C23H31N9O6/c1-4-12(2)19(26-13(3)33)22(37)27-15(7-8-18(34)35)23(38)32-16(10-14-6-5-9-24-20(14)32)21(36)25-11-17-28-30-31-29-17/h5-6,9,12,15-16,19H,4,7-8,10-11H2,1-3H3,(H,25,36)(H,26,33)(H,27,37)(H,34,35)(H,28,29,30,31)/t12-,15-,16-,19-/m0/s1. The molecule has 0 unspecified atom stereocenters.